The van der Waals surface area contributed by atoms with Gasteiger partial charge in [-0.3, -0.25) is 0 Å². The van der Waals surface area contributed by atoms with Crippen molar-refractivity contribution in [1.82, 2.24) is 0 Å². The van der Waals surface area contributed by atoms with E-state index < -0.39 is 17.8 Å². The highest BCUT2D eigenvalue weighted by Crippen LogP contribution is 2.60. The van der Waals surface area contributed by atoms with Crippen LogP contribution in [0.5, 0.6) is 0 Å². The molecule has 0 saturated heterocycles. The van der Waals surface area contributed by atoms with E-state index in [9.17, 15) is 15.3 Å². The summed E-state index contributed by atoms with van der Waals surface area (Å²) in [6, 6.07) is 0. The van der Waals surface area contributed by atoms with Crippen molar-refractivity contribution in [2.24, 2.45) is 29.1 Å². The Bertz CT molecular complexity index is 712. The first-order valence-corrected chi connectivity index (χ1v) is 12.6. The third-order valence-corrected chi connectivity index (χ3v) is 8.97. The number of fused-ring (bicyclic) bond motifs is 1. The molecule has 0 bridgehead atoms. The lowest BCUT2D eigenvalue weighted by molar-refractivity contribution is 0.0283. The lowest BCUT2D eigenvalue weighted by atomic mass is 9.60. The zero-order valence-corrected chi connectivity index (χ0v) is 20.5. The molecule has 7 atom stereocenters. The average Bonchev–Trinajstić information content (AvgIpc) is 3.04. The molecular weight excluding hydrogens is 384 g/mol. The zero-order valence-electron chi connectivity index (χ0n) is 20.5. The van der Waals surface area contributed by atoms with E-state index in [4.69, 9.17) is 0 Å². The summed E-state index contributed by atoms with van der Waals surface area (Å²) in [5.74, 6) is 1.94. The Kier molecular flexibility index (Phi) is 7.61. The zero-order chi connectivity index (χ0) is 23.0. The van der Waals surface area contributed by atoms with Gasteiger partial charge in [0.25, 0.3) is 0 Å². The topological polar surface area (TPSA) is 60.7 Å². The summed E-state index contributed by atoms with van der Waals surface area (Å²) in [7, 11) is 0. The maximum Gasteiger partial charge on any atom is 0.0837 e. The molecule has 0 amide bonds. The van der Waals surface area contributed by atoms with Gasteiger partial charge in [0.2, 0.25) is 0 Å². The minimum atomic E-state index is -0.648. The van der Waals surface area contributed by atoms with Gasteiger partial charge in [0, 0.05) is 5.92 Å². The molecule has 3 unspecified atom stereocenters. The molecule has 0 heterocycles. The first-order valence-electron chi connectivity index (χ1n) is 12.6. The van der Waals surface area contributed by atoms with Crippen LogP contribution in [0.4, 0.5) is 0 Å². The second-order valence-corrected chi connectivity index (χ2v) is 11.8. The van der Waals surface area contributed by atoms with Crippen LogP contribution in [0.1, 0.15) is 92.4 Å². The van der Waals surface area contributed by atoms with Crippen molar-refractivity contribution >= 4 is 0 Å². The number of aliphatic hydroxyl groups is 3. The molecule has 0 aromatic rings. The van der Waals surface area contributed by atoms with Gasteiger partial charge in [-0.15, -0.1) is 0 Å². The van der Waals surface area contributed by atoms with Crippen molar-refractivity contribution < 1.29 is 15.3 Å². The monoisotopic (exact) mass is 430 g/mol. The van der Waals surface area contributed by atoms with Crippen LogP contribution >= 0.6 is 0 Å². The summed E-state index contributed by atoms with van der Waals surface area (Å²) in [4.78, 5) is 0. The van der Waals surface area contributed by atoms with E-state index in [1.165, 1.54) is 32.1 Å². The Morgan fingerprint density at radius 1 is 1.23 bits per heavy atom. The molecule has 3 aliphatic carbocycles. The van der Waals surface area contributed by atoms with Gasteiger partial charge in [0.15, 0.2) is 0 Å². The second kappa shape index (κ2) is 9.53. The van der Waals surface area contributed by atoms with E-state index in [0.717, 1.165) is 36.3 Å². The molecule has 3 rings (SSSR count). The lowest BCUT2D eigenvalue weighted by Crippen LogP contribution is -2.36. The Morgan fingerprint density at radius 2 is 1.94 bits per heavy atom. The predicted molar refractivity (Wildman–Crippen MR) is 129 cm³/mol. The number of aliphatic hydroxyl groups excluding tert-OH is 2. The number of hydrogen-bond acceptors (Lipinski definition) is 3. The third kappa shape index (κ3) is 5.37. The van der Waals surface area contributed by atoms with Gasteiger partial charge in [-0.05, 0) is 93.1 Å². The normalized spacial score (nSPS) is 40.4. The van der Waals surface area contributed by atoms with E-state index in [1.54, 1.807) is 5.57 Å². The molecule has 0 aliphatic heterocycles. The smallest absolute Gasteiger partial charge is 0.0837 e. The van der Waals surface area contributed by atoms with Gasteiger partial charge in [0.05, 0.1) is 17.8 Å². The maximum absolute atomic E-state index is 10.4. The minimum absolute atomic E-state index is 0.149. The van der Waals surface area contributed by atoms with Crippen molar-refractivity contribution in [2.45, 2.75) is 110 Å². The summed E-state index contributed by atoms with van der Waals surface area (Å²) in [5, 5.41) is 30.7. The van der Waals surface area contributed by atoms with E-state index in [1.807, 2.05) is 20.8 Å². The van der Waals surface area contributed by atoms with Crippen molar-refractivity contribution in [3.8, 4) is 0 Å². The first-order chi connectivity index (χ1) is 14.4. The number of hydrogen-bond donors (Lipinski definition) is 3. The first kappa shape index (κ1) is 24.7. The average molecular weight is 431 g/mol. The van der Waals surface area contributed by atoms with Gasteiger partial charge >= 0.3 is 0 Å². The molecule has 0 radical (unpaired) electrons. The summed E-state index contributed by atoms with van der Waals surface area (Å²) in [5.41, 5.74) is 3.15. The summed E-state index contributed by atoms with van der Waals surface area (Å²) in [6.45, 7) is 14.8. The van der Waals surface area contributed by atoms with E-state index in [-0.39, 0.29) is 5.92 Å². The largest absolute Gasteiger partial charge is 0.392 e. The van der Waals surface area contributed by atoms with Crippen LogP contribution in [-0.4, -0.2) is 33.1 Å². The van der Waals surface area contributed by atoms with Crippen molar-refractivity contribution in [2.75, 3.05) is 0 Å². The van der Waals surface area contributed by atoms with Crippen LogP contribution in [0.15, 0.2) is 35.5 Å². The molecule has 176 valence electrons. The maximum atomic E-state index is 10.4. The molecule has 3 N–H and O–H groups in total. The summed E-state index contributed by atoms with van der Waals surface area (Å²) >= 11 is 0. The third-order valence-electron chi connectivity index (χ3n) is 8.97. The minimum Gasteiger partial charge on any atom is -0.392 e. The molecule has 0 aromatic heterocycles. The second-order valence-electron chi connectivity index (χ2n) is 11.8. The Balaban J connectivity index is 1.71. The standard InChI is InChI=1S/C28H46O3/c1-18(9-7-15-27(4,5)31)23-13-14-24-21(10-8-16-28(23,24)6)11-12-22-17-25(29)20(3)26(30)19(22)2/h11-12,18,20,23-26,29-31H,2,7-10,13-17H2,1,3-6H3/t18-,20-,23?,24?,25-,26+,28?/m0/s1. The van der Waals surface area contributed by atoms with Crippen LogP contribution in [-0.2, 0) is 0 Å². The van der Waals surface area contributed by atoms with Gasteiger partial charge < -0.3 is 15.3 Å². The predicted octanol–water partition coefficient (Wildman–Crippen LogP) is 5.95. The van der Waals surface area contributed by atoms with Crippen LogP contribution in [0.2, 0.25) is 0 Å². The lowest BCUT2D eigenvalue weighted by Gasteiger charge is -2.44. The molecule has 0 spiro atoms. The van der Waals surface area contributed by atoms with E-state index >= 15 is 0 Å². The van der Waals surface area contributed by atoms with E-state index in [0.29, 0.717) is 23.7 Å². The molecule has 3 saturated carbocycles. The molecule has 31 heavy (non-hydrogen) atoms. The SMILES string of the molecule is C=C1C(=CC=C2CCCC3(C)C2CCC3[C@@H](C)CCCC(C)(C)O)C[C@H](O)[C@H](C)[C@@H]1O. The molecule has 3 heteroatoms. The van der Waals surface area contributed by atoms with Crippen molar-refractivity contribution in [3.05, 3.63) is 35.5 Å². The highest BCUT2D eigenvalue weighted by Gasteiger charge is 2.50. The molecule has 0 aromatic carbocycles. The summed E-state index contributed by atoms with van der Waals surface area (Å²) < 4.78 is 0. The molecule has 3 fully saturated rings. The van der Waals surface area contributed by atoms with Crippen LogP contribution in [0.25, 0.3) is 0 Å². The number of allylic oxidation sites excluding steroid dienone is 3. The number of rotatable bonds is 6. The molecule has 3 aliphatic rings. The summed E-state index contributed by atoms with van der Waals surface area (Å²) in [6.07, 6.45) is 13.4. The molecular formula is C28H46O3. The van der Waals surface area contributed by atoms with Gasteiger partial charge in [-0.1, -0.05) is 57.9 Å². The fraction of sp³-hybridized carbons (Fsp3) is 0.786. The molecule has 3 nitrogen and oxygen atoms in total. The fourth-order valence-corrected chi connectivity index (χ4v) is 6.91. The fourth-order valence-electron chi connectivity index (χ4n) is 6.91. The Hall–Kier alpha value is -0.900. The quantitative estimate of drug-likeness (QED) is 0.488. The highest BCUT2D eigenvalue weighted by atomic mass is 16.3. The Labute approximate surface area is 190 Å². The van der Waals surface area contributed by atoms with Gasteiger partial charge in [-0.2, -0.15) is 0 Å². The Morgan fingerprint density at radius 3 is 2.61 bits per heavy atom. The highest BCUT2D eigenvalue weighted by molar-refractivity contribution is 5.39. The van der Waals surface area contributed by atoms with E-state index in [2.05, 4.69) is 32.6 Å². The van der Waals surface area contributed by atoms with Crippen molar-refractivity contribution in [1.29, 1.82) is 0 Å². The van der Waals surface area contributed by atoms with Crippen LogP contribution in [0.3, 0.4) is 0 Å². The van der Waals surface area contributed by atoms with Gasteiger partial charge in [-0.25, -0.2) is 0 Å². The van der Waals surface area contributed by atoms with Crippen molar-refractivity contribution in [3.63, 3.8) is 0 Å². The van der Waals surface area contributed by atoms with Crippen LogP contribution in [0, 0.1) is 29.1 Å². The van der Waals surface area contributed by atoms with Crippen LogP contribution < -0.4 is 0 Å². The van der Waals surface area contributed by atoms with Gasteiger partial charge in [0.1, 0.15) is 0 Å².